The third-order valence-corrected chi connectivity index (χ3v) is 8.26. The molecule has 1 aromatic heterocycles. The number of nitrogen functional groups attached to an aromatic ring is 3. The van der Waals surface area contributed by atoms with E-state index in [1.165, 1.54) is 44.5 Å². The van der Waals surface area contributed by atoms with Crippen LogP contribution in [0.1, 0.15) is 22.3 Å². The lowest BCUT2D eigenvalue weighted by Crippen LogP contribution is -1.91. The number of fused-ring (bicyclic) bond motifs is 8. The standard InChI is InChI=1S/C13H10N2.2C13H11N/c14-13-9-5-1-3-7-11(9)15-12-8-4-2-6-10(12)13;2*14-11-5-6-13-10(8-11)7-9-3-1-2-4-12(9)13/h1-8H,(H2,14,15);2*1-6,8H,7,14H2. The van der Waals surface area contributed by atoms with E-state index in [0.29, 0.717) is 0 Å². The van der Waals surface area contributed by atoms with Gasteiger partial charge < -0.3 is 17.2 Å². The van der Waals surface area contributed by atoms with E-state index in [-0.39, 0.29) is 0 Å². The highest BCUT2D eigenvalue weighted by Crippen LogP contribution is 2.38. The van der Waals surface area contributed by atoms with Crippen LogP contribution in [0, 0.1) is 0 Å². The number of pyridine rings is 1. The van der Waals surface area contributed by atoms with Crippen molar-refractivity contribution >= 4 is 38.9 Å². The Morgan fingerprint density at radius 1 is 0.395 bits per heavy atom. The summed E-state index contributed by atoms with van der Waals surface area (Å²) in [6.07, 6.45) is 2.05. The monoisotopic (exact) mass is 556 g/mol. The van der Waals surface area contributed by atoms with Crippen molar-refractivity contribution in [2.45, 2.75) is 12.8 Å². The quantitative estimate of drug-likeness (QED) is 0.129. The fraction of sp³-hybridized carbons (Fsp3) is 0.0513. The van der Waals surface area contributed by atoms with E-state index in [1.807, 2.05) is 60.7 Å². The van der Waals surface area contributed by atoms with E-state index in [4.69, 9.17) is 17.2 Å². The van der Waals surface area contributed by atoms with Crippen LogP contribution in [0.25, 0.3) is 44.1 Å². The third kappa shape index (κ3) is 5.04. The predicted molar refractivity (Wildman–Crippen MR) is 182 cm³/mol. The molecule has 2 aliphatic rings. The Morgan fingerprint density at radius 2 is 0.791 bits per heavy atom. The second-order valence-corrected chi connectivity index (χ2v) is 11.1. The zero-order valence-corrected chi connectivity index (χ0v) is 23.8. The van der Waals surface area contributed by atoms with Gasteiger partial charge in [-0.25, -0.2) is 4.98 Å². The van der Waals surface area contributed by atoms with Crippen LogP contribution in [0.15, 0.2) is 133 Å². The molecular weight excluding hydrogens is 524 g/mol. The number of rotatable bonds is 0. The fourth-order valence-corrected chi connectivity index (χ4v) is 6.20. The molecule has 4 heteroatoms. The number of anilines is 3. The summed E-state index contributed by atoms with van der Waals surface area (Å²) in [6, 6.07) is 45.3. The maximum atomic E-state index is 6.11. The first-order chi connectivity index (χ1) is 21.0. The van der Waals surface area contributed by atoms with Crippen molar-refractivity contribution < 1.29 is 0 Å². The minimum absolute atomic E-state index is 0.816. The summed E-state index contributed by atoms with van der Waals surface area (Å²) in [5.41, 5.74) is 33.0. The Bertz CT molecular complexity index is 1980. The lowest BCUT2D eigenvalue weighted by Gasteiger charge is -2.05. The number of nitrogens with zero attached hydrogens (tertiary/aromatic N) is 1. The number of nitrogens with two attached hydrogens (primary N) is 3. The van der Waals surface area contributed by atoms with E-state index >= 15 is 0 Å². The van der Waals surface area contributed by atoms with Gasteiger partial charge in [-0.3, -0.25) is 0 Å². The Morgan fingerprint density at radius 3 is 1.28 bits per heavy atom. The van der Waals surface area contributed by atoms with Crippen molar-refractivity contribution in [3.05, 3.63) is 156 Å². The highest BCUT2D eigenvalue weighted by molar-refractivity contribution is 6.06. The third-order valence-electron chi connectivity index (χ3n) is 8.26. The first-order valence-corrected chi connectivity index (χ1v) is 14.5. The Balaban J connectivity index is 0.000000105. The lowest BCUT2D eigenvalue weighted by molar-refractivity contribution is 1.26. The van der Waals surface area contributed by atoms with Crippen molar-refractivity contribution in [1.29, 1.82) is 0 Å². The Labute approximate surface area is 251 Å². The van der Waals surface area contributed by atoms with Gasteiger partial charge in [-0.15, -0.1) is 0 Å². The molecule has 0 saturated heterocycles. The van der Waals surface area contributed by atoms with Crippen molar-refractivity contribution in [2.75, 3.05) is 17.2 Å². The summed E-state index contributed by atoms with van der Waals surface area (Å²) in [5, 5.41) is 2.05. The minimum Gasteiger partial charge on any atom is -0.399 e. The molecule has 4 nitrogen and oxygen atoms in total. The summed E-state index contributed by atoms with van der Waals surface area (Å²) in [7, 11) is 0. The van der Waals surface area contributed by atoms with Gasteiger partial charge in [0.2, 0.25) is 0 Å². The smallest absolute Gasteiger partial charge is 0.0730 e. The second kappa shape index (κ2) is 11.0. The van der Waals surface area contributed by atoms with E-state index in [9.17, 15) is 0 Å². The number of hydrogen-bond donors (Lipinski definition) is 3. The van der Waals surface area contributed by atoms with Crippen molar-refractivity contribution in [3.63, 3.8) is 0 Å². The van der Waals surface area contributed by atoms with E-state index in [1.54, 1.807) is 0 Å². The Hall–Kier alpha value is -5.61. The predicted octanol–water partition coefficient (Wildman–Crippen LogP) is 8.65. The summed E-state index contributed by atoms with van der Waals surface area (Å²) in [5.74, 6) is 0. The van der Waals surface area contributed by atoms with Crippen LogP contribution >= 0.6 is 0 Å². The van der Waals surface area contributed by atoms with Crippen LogP contribution in [0.5, 0.6) is 0 Å². The maximum absolute atomic E-state index is 6.11. The number of hydrogen-bond acceptors (Lipinski definition) is 4. The summed E-state index contributed by atoms with van der Waals surface area (Å²) < 4.78 is 0. The number of para-hydroxylation sites is 2. The van der Waals surface area contributed by atoms with Gasteiger partial charge in [-0.1, -0.05) is 97.1 Å². The van der Waals surface area contributed by atoms with Gasteiger partial charge in [-0.2, -0.15) is 0 Å². The van der Waals surface area contributed by atoms with Gasteiger partial charge >= 0.3 is 0 Å². The normalized spacial score (nSPS) is 11.8. The van der Waals surface area contributed by atoms with Crippen molar-refractivity contribution in [1.82, 2.24) is 4.98 Å². The molecule has 0 aliphatic heterocycles. The molecule has 6 aromatic carbocycles. The molecular formula is C39H32N4. The van der Waals surface area contributed by atoms with Crippen molar-refractivity contribution in [3.8, 4) is 22.3 Å². The second-order valence-electron chi connectivity index (χ2n) is 11.1. The van der Waals surface area contributed by atoms with Crippen LogP contribution in [0.3, 0.4) is 0 Å². The molecule has 43 heavy (non-hydrogen) atoms. The van der Waals surface area contributed by atoms with Crippen LogP contribution in [-0.4, -0.2) is 4.98 Å². The molecule has 1 heterocycles. The van der Waals surface area contributed by atoms with Gasteiger partial charge in [0.15, 0.2) is 0 Å². The highest BCUT2D eigenvalue weighted by atomic mass is 14.7. The lowest BCUT2D eigenvalue weighted by atomic mass is 10.1. The van der Waals surface area contributed by atoms with Crippen LogP contribution in [0.4, 0.5) is 17.1 Å². The summed E-state index contributed by atoms with van der Waals surface area (Å²) in [4.78, 5) is 4.56. The van der Waals surface area contributed by atoms with Gasteiger partial charge in [0, 0.05) is 22.1 Å². The fourth-order valence-electron chi connectivity index (χ4n) is 6.20. The van der Waals surface area contributed by atoms with Crippen LogP contribution in [0.2, 0.25) is 0 Å². The van der Waals surface area contributed by atoms with E-state index in [0.717, 1.165) is 51.7 Å². The Kier molecular flexibility index (Phi) is 6.72. The number of benzene rings is 6. The first-order valence-electron chi connectivity index (χ1n) is 14.5. The number of aromatic nitrogens is 1. The zero-order valence-electron chi connectivity index (χ0n) is 23.8. The molecule has 0 amide bonds. The molecule has 0 fully saturated rings. The molecule has 0 spiro atoms. The van der Waals surface area contributed by atoms with Crippen LogP contribution < -0.4 is 17.2 Å². The zero-order chi connectivity index (χ0) is 29.3. The average Bonchev–Trinajstić information content (AvgIpc) is 3.59. The van der Waals surface area contributed by atoms with Gasteiger partial charge in [0.05, 0.1) is 16.7 Å². The molecule has 0 saturated carbocycles. The summed E-state index contributed by atoms with van der Waals surface area (Å²) >= 11 is 0. The molecule has 208 valence electrons. The highest BCUT2D eigenvalue weighted by Gasteiger charge is 2.18. The average molecular weight is 557 g/mol. The molecule has 9 rings (SSSR count). The van der Waals surface area contributed by atoms with Gasteiger partial charge in [0.1, 0.15) is 0 Å². The minimum atomic E-state index is 0.816. The topological polar surface area (TPSA) is 90.9 Å². The van der Waals surface area contributed by atoms with E-state index in [2.05, 4.69) is 77.8 Å². The molecule has 0 unspecified atom stereocenters. The largest absolute Gasteiger partial charge is 0.399 e. The molecule has 0 atom stereocenters. The molecule has 0 bridgehead atoms. The van der Waals surface area contributed by atoms with E-state index < -0.39 is 0 Å². The maximum Gasteiger partial charge on any atom is 0.0730 e. The molecule has 0 radical (unpaired) electrons. The molecule has 7 aromatic rings. The summed E-state index contributed by atoms with van der Waals surface area (Å²) in [6.45, 7) is 0. The molecule has 6 N–H and O–H groups in total. The SMILES string of the molecule is Nc1c2ccccc2nc2ccccc12.Nc1ccc2c(c1)Cc1ccccc1-2.Nc1ccc2c(c1)Cc1ccccc1-2. The first kappa shape index (κ1) is 26.3. The van der Waals surface area contributed by atoms with Crippen molar-refractivity contribution in [2.24, 2.45) is 0 Å². The molecule has 2 aliphatic carbocycles. The van der Waals surface area contributed by atoms with Crippen LogP contribution in [-0.2, 0) is 12.8 Å². The van der Waals surface area contributed by atoms with Gasteiger partial charge in [-0.05, 0) is 93.7 Å². The van der Waals surface area contributed by atoms with Gasteiger partial charge in [0.25, 0.3) is 0 Å².